The number of aromatic nitrogens is 3. The number of imidazole rings is 1. The fraction of sp³-hybridized carbons (Fsp3) is 0.542. The third kappa shape index (κ3) is 4.26. The average Bonchev–Trinajstić information content (AvgIpc) is 3.15. The first-order valence-corrected chi connectivity index (χ1v) is 11.7. The predicted octanol–water partition coefficient (Wildman–Crippen LogP) is 4.84. The number of esters is 1. The van der Waals surface area contributed by atoms with Gasteiger partial charge in [0.1, 0.15) is 22.0 Å². The van der Waals surface area contributed by atoms with E-state index < -0.39 is 11.2 Å². The van der Waals surface area contributed by atoms with E-state index in [-0.39, 0.29) is 17.8 Å². The molecule has 2 aromatic heterocycles. The number of hydrogen-bond donors (Lipinski definition) is 1. The second-order valence-electron chi connectivity index (χ2n) is 10.1. The van der Waals surface area contributed by atoms with Crippen molar-refractivity contribution in [2.24, 2.45) is 5.92 Å². The highest BCUT2D eigenvalue weighted by atomic mass is 32.1. The molecular weight excluding hydrogens is 426 g/mol. The first-order valence-electron chi connectivity index (χ1n) is 10.9. The Morgan fingerprint density at radius 1 is 1.22 bits per heavy atom. The number of carbonyl (C=O) groups is 1. The minimum atomic E-state index is -1.02. The van der Waals surface area contributed by atoms with E-state index in [4.69, 9.17) is 9.47 Å². The van der Waals surface area contributed by atoms with Crippen LogP contribution in [-0.2, 0) is 15.1 Å². The molecule has 1 saturated carbocycles. The molecule has 1 aliphatic carbocycles. The summed E-state index contributed by atoms with van der Waals surface area (Å²) in [5, 5.41) is 15.6. The van der Waals surface area contributed by atoms with Crippen LogP contribution in [0.2, 0.25) is 0 Å². The lowest BCUT2D eigenvalue weighted by molar-refractivity contribution is -0.163. The number of rotatable bonds is 5. The molecule has 0 atom stereocenters. The van der Waals surface area contributed by atoms with Gasteiger partial charge in [-0.2, -0.15) is 5.10 Å². The van der Waals surface area contributed by atoms with Gasteiger partial charge in [-0.15, -0.1) is 0 Å². The molecule has 0 aliphatic heterocycles. The number of aryl methyl sites for hydroxylation is 1. The Morgan fingerprint density at radius 3 is 2.50 bits per heavy atom. The minimum absolute atomic E-state index is 0.0797. The summed E-state index contributed by atoms with van der Waals surface area (Å²) in [6.07, 6.45) is 1.49. The molecule has 0 spiro atoms. The van der Waals surface area contributed by atoms with E-state index in [9.17, 15) is 9.90 Å². The molecule has 1 aromatic carbocycles. The van der Waals surface area contributed by atoms with E-state index in [0.717, 1.165) is 46.1 Å². The van der Waals surface area contributed by atoms with Crippen molar-refractivity contribution in [2.75, 3.05) is 7.11 Å². The summed E-state index contributed by atoms with van der Waals surface area (Å²) >= 11 is 1.39. The van der Waals surface area contributed by atoms with Crippen LogP contribution in [0.1, 0.15) is 69.6 Å². The zero-order valence-electron chi connectivity index (χ0n) is 19.7. The predicted molar refractivity (Wildman–Crippen MR) is 124 cm³/mol. The van der Waals surface area contributed by atoms with Crippen LogP contribution >= 0.6 is 11.3 Å². The molecular formula is C24H31N3O4S. The third-order valence-corrected chi connectivity index (χ3v) is 6.94. The number of benzene rings is 1. The van der Waals surface area contributed by atoms with Gasteiger partial charge in [0.05, 0.1) is 24.4 Å². The van der Waals surface area contributed by atoms with Gasteiger partial charge in [-0.05, 0) is 84.1 Å². The maximum Gasteiger partial charge on any atom is 0.309 e. The number of fused-ring (bicyclic) bond motifs is 1. The fourth-order valence-corrected chi connectivity index (χ4v) is 5.02. The highest BCUT2D eigenvalue weighted by Crippen LogP contribution is 2.47. The lowest BCUT2D eigenvalue weighted by atomic mass is 9.71. The first kappa shape index (κ1) is 22.7. The monoisotopic (exact) mass is 457 g/mol. The largest absolute Gasteiger partial charge is 0.496 e. The van der Waals surface area contributed by atoms with Crippen molar-refractivity contribution < 1.29 is 19.4 Å². The van der Waals surface area contributed by atoms with E-state index in [1.54, 1.807) is 21.0 Å². The number of hydrogen-bond acceptors (Lipinski definition) is 7. The Labute approximate surface area is 192 Å². The van der Waals surface area contributed by atoms with Crippen molar-refractivity contribution in [3.8, 4) is 17.0 Å². The third-order valence-electron chi connectivity index (χ3n) is 5.72. The Morgan fingerprint density at radius 2 is 1.91 bits per heavy atom. The summed E-state index contributed by atoms with van der Waals surface area (Å²) in [5.41, 5.74) is 2.35. The lowest BCUT2D eigenvalue weighted by Gasteiger charge is -2.36. The van der Waals surface area contributed by atoms with Gasteiger partial charge in [-0.3, -0.25) is 4.79 Å². The molecule has 2 heterocycles. The number of aliphatic hydroxyl groups is 1. The molecule has 4 rings (SSSR count). The summed E-state index contributed by atoms with van der Waals surface area (Å²) in [4.78, 5) is 17.8. The van der Waals surface area contributed by atoms with E-state index in [2.05, 4.69) is 16.1 Å². The van der Waals surface area contributed by atoms with Crippen LogP contribution in [0.4, 0.5) is 0 Å². The van der Waals surface area contributed by atoms with Gasteiger partial charge in [-0.1, -0.05) is 11.3 Å². The molecule has 0 unspecified atom stereocenters. The molecule has 1 fully saturated rings. The molecule has 0 amide bonds. The maximum atomic E-state index is 12.4. The quantitative estimate of drug-likeness (QED) is 0.552. The number of carbonyl (C=O) groups excluding carboxylic acids is 1. The number of methoxy groups -OCH3 is 1. The summed E-state index contributed by atoms with van der Waals surface area (Å²) in [6.45, 7) is 11.1. The summed E-state index contributed by atoms with van der Waals surface area (Å²) in [5.74, 6) is 0.839. The van der Waals surface area contributed by atoms with Crippen molar-refractivity contribution in [1.82, 2.24) is 14.6 Å². The molecule has 1 aliphatic rings. The second kappa shape index (κ2) is 7.85. The van der Waals surface area contributed by atoms with Crippen molar-refractivity contribution in [2.45, 2.75) is 71.5 Å². The van der Waals surface area contributed by atoms with Crippen LogP contribution in [0.15, 0.2) is 18.2 Å². The van der Waals surface area contributed by atoms with Crippen LogP contribution in [-0.4, -0.2) is 38.4 Å². The van der Waals surface area contributed by atoms with Crippen LogP contribution < -0.4 is 4.74 Å². The van der Waals surface area contributed by atoms with E-state index in [0.29, 0.717) is 5.01 Å². The highest BCUT2D eigenvalue weighted by molar-refractivity contribution is 7.16. The number of ether oxygens (including phenoxy) is 2. The van der Waals surface area contributed by atoms with Gasteiger partial charge in [0.15, 0.2) is 0 Å². The zero-order valence-corrected chi connectivity index (χ0v) is 20.5. The first-order chi connectivity index (χ1) is 14.9. The van der Waals surface area contributed by atoms with E-state index in [1.165, 1.54) is 11.3 Å². The number of nitrogens with zero attached hydrogens (tertiary/aromatic N) is 3. The molecule has 172 valence electrons. The van der Waals surface area contributed by atoms with Gasteiger partial charge in [0, 0.05) is 5.56 Å². The van der Waals surface area contributed by atoms with Gasteiger partial charge >= 0.3 is 5.97 Å². The summed E-state index contributed by atoms with van der Waals surface area (Å²) < 4.78 is 13.0. The molecule has 7 nitrogen and oxygen atoms in total. The van der Waals surface area contributed by atoms with Crippen LogP contribution in [0.3, 0.4) is 0 Å². The minimum Gasteiger partial charge on any atom is -0.496 e. The highest BCUT2D eigenvalue weighted by Gasteiger charge is 2.39. The molecule has 3 aromatic rings. The van der Waals surface area contributed by atoms with Crippen LogP contribution in [0, 0.1) is 12.8 Å². The summed E-state index contributed by atoms with van der Waals surface area (Å²) in [7, 11) is 1.67. The van der Waals surface area contributed by atoms with E-state index in [1.807, 2.05) is 44.3 Å². The Hall–Kier alpha value is -2.45. The smallest absolute Gasteiger partial charge is 0.309 e. The van der Waals surface area contributed by atoms with Crippen molar-refractivity contribution in [1.29, 1.82) is 0 Å². The zero-order chi connectivity index (χ0) is 23.4. The molecule has 0 saturated heterocycles. The topological polar surface area (TPSA) is 86.0 Å². The molecule has 0 bridgehead atoms. The standard InChI is InChI=1S/C24H31N3O4S/c1-13-19(27-22(25-13)32-21(26-27)24(5,6)29)14-8-9-18(30-7)17(12-14)15-10-16(11-15)20(28)31-23(2,3)4/h8-9,12,15-16,29H,10-11H2,1-7H3. The second-order valence-corrected chi connectivity index (χ2v) is 11.0. The molecule has 8 heteroatoms. The Bertz CT molecular complexity index is 1160. The van der Waals surface area contributed by atoms with Crippen molar-refractivity contribution in [3.05, 3.63) is 34.5 Å². The van der Waals surface area contributed by atoms with Gasteiger partial charge < -0.3 is 14.6 Å². The lowest BCUT2D eigenvalue weighted by Crippen LogP contribution is -2.35. The Kier molecular flexibility index (Phi) is 5.57. The summed E-state index contributed by atoms with van der Waals surface area (Å²) in [6, 6.07) is 6.09. The van der Waals surface area contributed by atoms with Crippen LogP contribution in [0.25, 0.3) is 16.2 Å². The maximum absolute atomic E-state index is 12.4. The molecule has 1 N–H and O–H groups in total. The van der Waals surface area contributed by atoms with Crippen molar-refractivity contribution >= 4 is 22.3 Å². The van der Waals surface area contributed by atoms with Gasteiger partial charge in [0.2, 0.25) is 4.96 Å². The molecule has 32 heavy (non-hydrogen) atoms. The van der Waals surface area contributed by atoms with E-state index >= 15 is 0 Å². The van der Waals surface area contributed by atoms with Gasteiger partial charge in [-0.25, -0.2) is 9.50 Å². The van der Waals surface area contributed by atoms with Gasteiger partial charge in [0.25, 0.3) is 0 Å². The Balaban J connectivity index is 1.65. The average molecular weight is 458 g/mol. The van der Waals surface area contributed by atoms with Crippen LogP contribution in [0.5, 0.6) is 5.75 Å². The van der Waals surface area contributed by atoms with Crippen molar-refractivity contribution in [3.63, 3.8) is 0 Å². The molecule has 0 radical (unpaired) electrons. The normalized spacial score (nSPS) is 19.1. The fourth-order valence-electron chi connectivity index (χ4n) is 4.08. The SMILES string of the molecule is COc1ccc(-c2c(C)nc3sc(C(C)(C)O)nn23)cc1C1CC(C(=O)OC(C)(C)C)C1.